The Kier molecular flexibility index (Phi) is 5.46. The Morgan fingerprint density at radius 3 is 2.59 bits per heavy atom. The Hall–Kier alpha value is -2.87. The van der Waals surface area contributed by atoms with Crippen LogP contribution >= 0.6 is 0 Å². The lowest BCUT2D eigenvalue weighted by Crippen LogP contribution is -2.31. The molecule has 1 heterocycles. The molecule has 0 unspecified atom stereocenters. The molecule has 1 aromatic carbocycles. The first-order valence-corrected chi connectivity index (χ1v) is 8.98. The summed E-state index contributed by atoms with van der Waals surface area (Å²) in [5.41, 5.74) is 14.0. The van der Waals surface area contributed by atoms with E-state index in [9.17, 15) is 14.7 Å². The van der Waals surface area contributed by atoms with E-state index in [2.05, 4.69) is 5.10 Å². The lowest BCUT2D eigenvalue weighted by molar-refractivity contribution is -0.117. The highest BCUT2D eigenvalue weighted by Gasteiger charge is 2.34. The number of carbonyl (C=O) groups excluding carboxylic acids is 2. The van der Waals surface area contributed by atoms with Crippen LogP contribution in [0.3, 0.4) is 0 Å². The normalized spacial score (nSPS) is 18.7. The zero-order valence-corrected chi connectivity index (χ0v) is 15.3. The number of nitrogens with two attached hydrogens (primary N) is 2. The van der Waals surface area contributed by atoms with Crippen molar-refractivity contribution in [2.75, 3.05) is 19.3 Å². The number of rotatable bonds is 8. The van der Waals surface area contributed by atoms with Gasteiger partial charge in [-0.2, -0.15) is 5.10 Å². The summed E-state index contributed by atoms with van der Waals surface area (Å²) in [7, 11) is 1.77. The van der Waals surface area contributed by atoms with E-state index in [-0.39, 0.29) is 24.0 Å². The molecule has 0 radical (unpaired) electrons. The largest absolute Gasteiger partial charge is 0.392 e. The van der Waals surface area contributed by atoms with Gasteiger partial charge in [0.15, 0.2) is 0 Å². The highest BCUT2D eigenvalue weighted by atomic mass is 16.3. The third-order valence-corrected chi connectivity index (χ3v) is 5.23. The van der Waals surface area contributed by atoms with Gasteiger partial charge in [0.25, 0.3) is 5.91 Å². The van der Waals surface area contributed by atoms with Gasteiger partial charge in [-0.15, -0.1) is 0 Å². The van der Waals surface area contributed by atoms with Crippen LogP contribution in [0.1, 0.15) is 41.2 Å². The first-order chi connectivity index (χ1) is 12.9. The van der Waals surface area contributed by atoms with Crippen molar-refractivity contribution in [3.05, 3.63) is 35.4 Å². The number of anilines is 1. The van der Waals surface area contributed by atoms with E-state index in [1.165, 1.54) is 0 Å². The zero-order valence-electron chi connectivity index (χ0n) is 15.3. The molecule has 8 nitrogen and oxygen atoms in total. The minimum Gasteiger partial charge on any atom is -0.392 e. The first-order valence-electron chi connectivity index (χ1n) is 8.98. The van der Waals surface area contributed by atoms with Crippen LogP contribution in [0.2, 0.25) is 0 Å². The van der Waals surface area contributed by atoms with Gasteiger partial charge >= 0.3 is 0 Å². The number of carbonyl (C=O) groups is 2. The molecule has 144 valence electrons. The fourth-order valence-electron chi connectivity index (χ4n) is 3.51. The fourth-order valence-corrected chi connectivity index (χ4v) is 3.51. The van der Waals surface area contributed by atoms with Crippen LogP contribution < -0.4 is 11.5 Å². The van der Waals surface area contributed by atoms with E-state index in [1.807, 2.05) is 0 Å². The zero-order chi connectivity index (χ0) is 19.6. The fraction of sp³-hybridized carbons (Fsp3) is 0.421. The molecule has 2 amide bonds. The molecular formula is C19H25N5O3. The summed E-state index contributed by atoms with van der Waals surface area (Å²) in [6, 6.07) is 7.27. The van der Waals surface area contributed by atoms with Crippen LogP contribution in [-0.2, 0) is 11.4 Å². The number of nitrogens with zero attached hydrogens (tertiary/aromatic N) is 3. The number of primary amides is 1. The molecule has 27 heavy (non-hydrogen) atoms. The summed E-state index contributed by atoms with van der Waals surface area (Å²) in [6.45, 7) is 0.673. The Balaban J connectivity index is 1.79. The standard InChI is InChI=1S/C19H25N5O3/c1-23(11-26)7-6-13-8-15(9-13)24-18(20)16(19(21)27)17(22-24)14-4-2-12(10-25)3-5-14/h2-5,11,13,15,25H,6-10,20H2,1H3,(H2,21,27). The van der Waals surface area contributed by atoms with Crippen molar-refractivity contribution in [1.82, 2.24) is 14.7 Å². The summed E-state index contributed by atoms with van der Waals surface area (Å²) in [6.07, 6.45) is 3.57. The summed E-state index contributed by atoms with van der Waals surface area (Å²) in [5.74, 6) is 0.186. The predicted octanol–water partition coefficient (Wildman–Crippen LogP) is 1.15. The Morgan fingerprint density at radius 1 is 1.37 bits per heavy atom. The molecule has 1 fully saturated rings. The van der Waals surface area contributed by atoms with Crippen molar-refractivity contribution in [1.29, 1.82) is 0 Å². The number of amides is 2. The molecule has 1 aliphatic rings. The van der Waals surface area contributed by atoms with Crippen LogP contribution in [0.15, 0.2) is 24.3 Å². The van der Waals surface area contributed by atoms with Gasteiger partial charge < -0.3 is 21.5 Å². The maximum absolute atomic E-state index is 12.0. The molecule has 1 aliphatic carbocycles. The Labute approximate surface area is 157 Å². The lowest BCUT2D eigenvalue weighted by atomic mass is 9.78. The van der Waals surface area contributed by atoms with E-state index in [0.717, 1.165) is 43.3 Å². The van der Waals surface area contributed by atoms with Crippen molar-refractivity contribution < 1.29 is 14.7 Å². The second-order valence-electron chi connectivity index (χ2n) is 7.14. The molecule has 0 aliphatic heterocycles. The number of aliphatic hydroxyl groups excluding tert-OH is 1. The molecule has 1 aromatic heterocycles. The molecule has 0 saturated heterocycles. The Bertz CT molecular complexity index is 825. The predicted molar refractivity (Wildman–Crippen MR) is 102 cm³/mol. The first kappa shape index (κ1) is 18.9. The van der Waals surface area contributed by atoms with Gasteiger partial charge in [0.05, 0.1) is 12.6 Å². The quantitative estimate of drug-likeness (QED) is 0.600. The minimum absolute atomic E-state index is 0.0533. The molecule has 8 heteroatoms. The average Bonchev–Trinajstić information content (AvgIpc) is 2.97. The molecule has 0 atom stereocenters. The van der Waals surface area contributed by atoms with Crippen molar-refractivity contribution >= 4 is 18.1 Å². The molecule has 2 aromatic rings. The number of hydrogen-bond acceptors (Lipinski definition) is 5. The van der Waals surface area contributed by atoms with Crippen LogP contribution in [-0.4, -0.2) is 45.7 Å². The lowest BCUT2D eigenvalue weighted by Gasteiger charge is -2.36. The van der Waals surface area contributed by atoms with Crippen molar-refractivity contribution in [3.8, 4) is 11.3 Å². The number of benzene rings is 1. The smallest absolute Gasteiger partial charge is 0.254 e. The van der Waals surface area contributed by atoms with Gasteiger partial charge in [-0.05, 0) is 30.7 Å². The van der Waals surface area contributed by atoms with Crippen LogP contribution in [0.5, 0.6) is 0 Å². The molecule has 5 N–H and O–H groups in total. The maximum atomic E-state index is 12.0. The van der Waals surface area contributed by atoms with Gasteiger partial charge in [-0.1, -0.05) is 24.3 Å². The SMILES string of the molecule is CN(C=O)CCC1CC(n2nc(-c3ccc(CO)cc3)c(C(N)=O)c2N)C1. The summed E-state index contributed by atoms with van der Waals surface area (Å²) < 4.78 is 1.70. The van der Waals surface area contributed by atoms with E-state index >= 15 is 0 Å². The van der Waals surface area contributed by atoms with Gasteiger partial charge in [-0.3, -0.25) is 9.59 Å². The maximum Gasteiger partial charge on any atom is 0.254 e. The number of aromatic nitrogens is 2. The second-order valence-corrected chi connectivity index (χ2v) is 7.14. The second kappa shape index (κ2) is 7.79. The summed E-state index contributed by atoms with van der Waals surface area (Å²) in [4.78, 5) is 24.3. The monoisotopic (exact) mass is 371 g/mol. The van der Waals surface area contributed by atoms with E-state index < -0.39 is 5.91 Å². The molecule has 0 spiro atoms. The third kappa shape index (κ3) is 3.80. The highest BCUT2D eigenvalue weighted by Crippen LogP contribution is 2.42. The van der Waals surface area contributed by atoms with Gasteiger partial charge in [0.1, 0.15) is 17.1 Å². The molecular weight excluding hydrogens is 346 g/mol. The molecule has 1 saturated carbocycles. The van der Waals surface area contributed by atoms with Gasteiger partial charge in [0.2, 0.25) is 6.41 Å². The van der Waals surface area contributed by atoms with Crippen LogP contribution in [0.25, 0.3) is 11.3 Å². The van der Waals surface area contributed by atoms with Gasteiger partial charge in [-0.25, -0.2) is 4.68 Å². The van der Waals surface area contributed by atoms with Crippen molar-refractivity contribution in [3.63, 3.8) is 0 Å². The van der Waals surface area contributed by atoms with E-state index in [1.54, 1.807) is 40.9 Å². The molecule has 0 bridgehead atoms. The van der Waals surface area contributed by atoms with Crippen molar-refractivity contribution in [2.24, 2.45) is 11.7 Å². The summed E-state index contributed by atoms with van der Waals surface area (Å²) >= 11 is 0. The molecule has 3 rings (SSSR count). The van der Waals surface area contributed by atoms with Crippen LogP contribution in [0.4, 0.5) is 5.82 Å². The minimum atomic E-state index is -0.608. The van der Waals surface area contributed by atoms with Crippen LogP contribution in [0, 0.1) is 5.92 Å². The van der Waals surface area contributed by atoms with E-state index in [4.69, 9.17) is 11.5 Å². The average molecular weight is 371 g/mol. The number of hydrogen-bond donors (Lipinski definition) is 3. The highest BCUT2D eigenvalue weighted by molar-refractivity contribution is 6.03. The van der Waals surface area contributed by atoms with Gasteiger partial charge in [0, 0.05) is 19.2 Å². The third-order valence-electron chi connectivity index (χ3n) is 5.23. The van der Waals surface area contributed by atoms with E-state index in [0.29, 0.717) is 11.6 Å². The Morgan fingerprint density at radius 2 is 2.04 bits per heavy atom. The number of nitrogen functional groups attached to an aromatic ring is 1. The topological polar surface area (TPSA) is 127 Å². The number of aliphatic hydroxyl groups is 1. The van der Waals surface area contributed by atoms with Crippen molar-refractivity contribution in [2.45, 2.75) is 31.9 Å². The summed E-state index contributed by atoms with van der Waals surface area (Å²) in [5, 5.41) is 13.8.